The Morgan fingerprint density at radius 3 is 2.25 bits per heavy atom. The molecule has 0 aliphatic rings. The van der Waals surface area contributed by atoms with E-state index in [9.17, 15) is 22.4 Å². The minimum Gasteiger partial charge on any atom is -0.353 e. The first-order valence-electron chi connectivity index (χ1n) is 8.53. The Labute approximate surface area is 163 Å². The average molecular weight is 407 g/mol. The van der Waals surface area contributed by atoms with Crippen molar-refractivity contribution in [2.24, 2.45) is 0 Å². The third kappa shape index (κ3) is 5.78. The Morgan fingerprint density at radius 1 is 1.00 bits per heavy atom. The maximum absolute atomic E-state index is 13.5. The second kappa shape index (κ2) is 9.32. The summed E-state index contributed by atoms with van der Waals surface area (Å²) in [6.45, 7) is 1.52. The normalized spacial score (nSPS) is 11.0. The summed E-state index contributed by atoms with van der Waals surface area (Å²) in [5.74, 6) is -1.75. The Hall–Kier alpha value is -2.94. The zero-order chi connectivity index (χ0) is 20.7. The van der Waals surface area contributed by atoms with Crippen molar-refractivity contribution in [2.75, 3.05) is 30.2 Å². The van der Waals surface area contributed by atoms with Gasteiger partial charge in [-0.3, -0.25) is 13.9 Å². The molecule has 2 amide bonds. The molecular formula is C19H22FN3O4S. The van der Waals surface area contributed by atoms with E-state index in [1.54, 1.807) is 37.3 Å². The lowest BCUT2D eigenvalue weighted by Crippen LogP contribution is -2.43. The van der Waals surface area contributed by atoms with Gasteiger partial charge >= 0.3 is 0 Å². The molecule has 2 N–H and O–H groups in total. The second-order valence-electron chi connectivity index (χ2n) is 6.14. The molecule has 2 rings (SSSR count). The quantitative estimate of drug-likeness (QED) is 0.648. The number of hydrogen-bond donors (Lipinski definition) is 2. The van der Waals surface area contributed by atoms with Gasteiger partial charge in [-0.1, -0.05) is 30.3 Å². The van der Waals surface area contributed by atoms with E-state index in [-0.39, 0.29) is 25.2 Å². The van der Waals surface area contributed by atoms with Crippen molar-refractivity contribution in [3.05, 3.63) is 65.5 Å². The fraction of sp³-hybridized carbons (Fsp3) is 0.263. The molecule has 0 fully saturated rings. The monoisotopic (exact) mass is 407 g/mol. The van der Waals surface area contributed by atoms with Gasteiger partial charge in [0.05, 0.1) is 17.5 Å². The number of carbonyl (C=O) groups excluding carboxylic acids is 2. The van der Waals surface area contributed by atoms with E-state index in [1.165, 1.54) is 18.2 Å². The van der Waals surface area contributed by atoms with Gasteiger partial charge in [0.2, 0.25) is 15.9 Å². The van der Waals surface area contributed by atoms with Gasteiger partial charge in [-0.2, -0.15) is 0 Å². The minimum atomic E-state index is -3.66. The number of nitrogens with one attached hydrogen (secondary N) is 2. The van der Waals surface area contributed by atoms with E-state index in [2.05, 4.69) is 10.6 Å². The summed E-state index contributed by atoms with van der Waals surface area (Å²) in [5, 5.41) is 5.04. The lowest BCUT2D eigenvalue weighted by molar-refractivity contribution is -0.119. The number of para-hydroxylation sites is 1. The average Bonchev–Trinajstić information content (AvgIpc) is 2.63. The van der Waals surface area contributed by atoms with Crippen LogP contribution in [0.1, 0.15) is 15.9 Å². The van der Waals surface area contributed by atoms with Crippen LogP contribution in [0.2, 0.25) is 0 Å². The van der Waals surface area contributed by atoms with E-state index in [4.69, 9.17) is 0 Å². The van der Waals surface area contributed by atoms with Crippen LogP contribution in [0.4, 0.5) is 10.1 Å². The molecule has 28 heavy (non-hydrogen) atoms. The van der Waals surface area contributed by atoms with Gasteiger partial charge < -0.3 is 10.6 Å². The van der Waals surface area contributed by atoms with Crippen LogP contribution in [0.3, 0.4) is 0 Å². The van der Waals surface area contributed by atoms with E-state index in [0.717, 1.165) is 16.1 Å². The number of aryl methyl sites for hydroxylation is 1. The van der Waals surface area contributed by atoms with Gasteiger partial charge in [0.25, 0.3) is 5.91 Å². The maximum atomic E-state index is 13.5. The molecule has 0 bridgehead atoms. The Morgan fingerprint density at radius 2 is 1.61 bits per heavy atom. The highest BCUT2D eigenvalue weighted by Gasteiger charge is 2.22. The topological polar surface area (TPSA) is 95.6 Å². The van der Waals surface area contributed by atoms with Crippen LogP contribution in [0.5, 0.6) is 0 Å². The molecule has 7 nitrogen and oxygen atoms in total. The van der Waals surface area contributed by atoms with E-state index in [0.29, 0.717) is 5.69 Å². The molecule has 0 spiro atoms. The van der Waals surface area contributed by atoms with Crippen LogP contribution in [0.15, 0.2) is 48.5 Å². The molecular weight excluding hydrogens is 385 g/mol. The van der Waals surface area contributed by atoms with E-state index >= 15 is 0 Å². The standard InChI is InChI=1S/C19H22FN3O4S/c1-14-7-3-6-10-17(14)23(28(2,26)27)13-18(24)21-11-12-22-19(25)15-8-4-5-9-16(15)20/h3-10H,11-13H2,1-2H3,(H,21,24)(H,22,25). The molecule has 0 radical (unpaired) electrons. The number of anilines is 1. The summed E-state index contributed by atoms with van der Waals surface area (Å²) in [4.78, 5) is 24.1. The maximum Gasteiger partial charge on any atom is 0.254 e. The highest BCUT2D eigenvalue weighted by molar-refractivity contribution is 7.92. The first kappa shape index (κ1) is 21.4. The fourth-order valence-corrected chi connectivity index (χ4v) is 3.44. The number of halogens is 1. The smallest absolute Gasteiger partial charge is 0.254 e. The van der Waals surface area contributed by atoms with Gasteiger partial charge in [-0.05, 0) is 30.7 Å². The van der Waals surface area contributed by atoms with Gasteiger partial charge in [-0.25, -0.2) is 12.8 Å². The molecule has 150 valence electrons. The molecule has 0 aromatic heterocycles. The third-order valence-corrected chi connectivity index (χ3v) is 5.05. The summed E-state index contributed by atoms with van der Waals surface area (Å²) in [7, 11) is -3.66. The van der Waals surface area contributed by atoms with Crippen molar-refractivity contribution in [1.29, 1.82) is 0 Å². The highest BCUT2D eigenvalue weighted by Crippen LogP contribution is 2.21. The van der Waals surface area contributed by atoms with Crippen LogP contribution in [0, 0.1) is 12.7 Å². The molecule has 9 heteroatoms. The molecule has 0 heterocycles. The number of rotatable bonds is 8. The third-order valence-electron chi connectivity index (χ3n) is 3.92. The first-order chi connectivity index (χ1) is 13.2. The Bertz CT molecular complexity index is 963. The summed E-state index contributed by atoms with van der Waals surface area (Å²) in [5.41, 5.74) is 1.06. The molecule has 2 aromatic carbocycles. The fourth-order valence-electron chi connectivity index (χ4n) is 2.53. The first-order valence-corrected chi connectivity index (χ1v) is 10.4. The molecule has 0 saturated carbocycles. The molecule has 0 aliphatic heterocycles. The van der Waals surface area contributed by atoms with Crippen molar-refractivity contribution in [3.8, 4) is 0 Å². The largest absolute Gasteiger partial charge is 0.353 e. The second-order valence-corrected chi connectivity index (χ2v) is 8.05. The SMILES string of the molecule is Cc1ccccc1N(CC(=O)NCCNC(=O)c1ccccc1F)S(C)(=O)=O. The predicted molar refractivity (Wildman–Crippen MR) is 105 cm³/mol. The van der Waals surface area contributed by atoms with Crippen molar-refractivity contribution in [2.45, 2.75) is 6.92 Å². The number of nitrogens with zero attached hydrogens (tertiary/aromatic N) is 1. The number of carbonyl (C=O) groups is 2. The molecule has 0 unspecified atom stereocenters. The minimum absolute atomic E-state index is 0.0716. The summed E-state index contributed by atoms with van der Waals surface area (Å²) < 4.78 is 38.7. The number of benzene rings is 2. The Kier molecular flexibility index (Phi) is 7.11. The van der Waals surface area contributed by atoms with Crippen molar-refractivity contribution in [1.82, 2.24) is 10.6 Å². The number of hydrogen-bond acceptors (Lipinski definition) is 4. The van der Waals surface area contributed by atoms with Gasteiger partial charge in [0, 0.05) is 13.1 Å². The van der Waals surface area contributed by atoms with Gasteiger partial charge in [0.1, 0.15) is 12.4 Å². The molecule has 0 atom stereocenters. The Balaban J connectivity index is 1.89. The molecule has 0 saturated heterocycles. The molecule has 0 aliphatic carbocycles. The summed E-state index contributed by atoms with van der Waals surface area (Å²) >= 11 is 0. The summed E-state index contributed by atoms with van der Waals surface area (Å²) in [6.07, 6.45) is 1.03. The van der Waals surface area contributed by atoms with Crippen molar-refractivity contribution < 1.29 is 22.4 Å². The van der Waals surface area contributed by atoms with Gasteiger partial charge in [0.15, 0.2) is 0 Å². The number of amides is 2. The van der Waals surface area contributed by atoms with Crippen LogP contribution in [-0.4, -0.2) is 46.1 Å². The van der Waals surface area contributed by atoms with E-state index in [1.807, 2.05) is 0 Å². The summed E-state index contributed by atoms with van der Waals surface area (Å²) in [6, 6.07) is 12.4. The molecule has 2 aromatic rings. The van der Waals surface area contributed by atoms with Crippen LogP contribution in [0.25, 0.3) is 0 Å². The zero-order valence-corrected chi connectivity index (χ0v) is 16.4. The van der Waals surface area contributed by atoms with Crippen LogP contribution in [-0.2, 0) is 14.8 Å². The predicted octanol–water partition coefficient (Wildman–Crippen LogP) is 1.45. The lowest BCUT2D eigenvalue weighted by Gasteiger charge is -2.23. The van der Waals surface area contributed by atoms with Crippen LogP contribution < -0.4 is 14.9 Å². The van der Waals surface area contributed by atoms with Crippen LogP contribution >= 0.6 is 0 Å². The van der Waals surface area contributed by atoms with Gasteiger partial charge in [-0.15, -0.1) is 0 Å². The number of sulfonamides is 1. The van der Waals surface area contributed by atoms with E-state index < -0.39 is 27.7 Å². The zero-order valence-electron chi connectivity index (χ0n) is 15.6. The highest BCUT2D eigenvalue weighted by atomic mass is 32.2. The van der Waals surface area contributed by atoms with Crippen molar-refractivity contribution in [3.63, 3.8) is 0 Å². The lowest BCUT2D eigenvalue weighted by atomic mass is 10.2. The van der Waals surface area contributed by atoms with Crippen molar-refractivity contribution >= 4 is 27.5 Å².